The summed E-state index contributed by atoms with van der Waals surface area (Å²) in [5, 5.41) is 0. The van der Waals surface area contributed by atoms with Crippen molar-refractivity contribution in [3.63, 3.8) is 0 Å². The van der Waals surface area contributed by atoms with E-state index in [1.165, 1.54) is 6.26 Å². The minimum absolute atomic E-state index is 0.263. The van der Waals surface area contributed by atoms with Gasteiger partial charge >= 0.3 is 0 Å². The van der Waals surface area contributed by atoms with Gasteiger partial charge < -0.3 is 13.6 Å². The quantitative estimate of drug-likeness (QED) is 0.670. The molecule has 79 valence electrons. The van der Waals surface area contributed by atoms with Gasteiger partial charge in [0.2, 0.25) is 5.89 Å². The number of aromatic nitrogens is 2. The maximum atomic E-state index is 5.52. The van der Waals surface area contributed by atoms with Crippen molar-refractivity contribution < 1.29 is 13.6 Å². The zero-order valence-corrected chi connectivity index (χ0v) is 8.21. The molecule has 16 heavy (non-hydrogen) atoms. The Bertz CT molecular complexity index is 586. The Hall–Kier alpha value is -2.30. The van der Waals surface area contributed by atoms with Crippen LogP contribution in [0.15, 0.2) is 39.5 Å². The molecule has 0 fully saturated rings. The summed E-state index contributed by atoms with van der Waals surface area (Å²) in [6.07, 6.45) is 5.50. The van der Waals surface area contributed by atoms with Gasteiger partial charge in [-0.05, 0) is 12.1 Å². The molecule has 0 N–H and O–H groups in total. The fourth-order valence-electron chi connectivity index (χ4n) is 1.39. The standard InChI is InChI=1S/C11H7N2O3/c1-2-8(11-9(3-1)16-7-13-11)15-6-10-12-4-5-14-10/h1-5H,6H2. The molecule has 0 saturated carbocycles. The first kappa shape index (κ1) is 8.96. The van der Waals surface area contributed by atoms with Crippen LogP contribution in [0.4, 0.5) is 0 Å². The van der Waals surface area contributed by atoms with E-state index in [1.807, 2.05) is 12.1 Å². The second-order valence-corrected chi connectivity index (χ2v) is 3.12. The number of rotatable bonds is 3. The largest absolute Gasteiger partial charge is 0.481 e. The molecule has 3 aromatic rings. The van der Waals surface area contributed by atoms with E-state index in [2.05, 4.69) is 16.4 Å². The number of oxazole rings is 2. The first-order chi connectivity index (χ1) is 7.93. The van der Waals surface area contributed by atoms with Gasteiger partial charge in [0.1, 0.15) is 12.0 Å². The number of para-hydroxylation sites is 1. The van der Waals surface area contributed by atoms with Crippen LogP contribution in [0.5, 0.6) is 5.75 Å². The topological polar surface area (TPSA) is 61.3 Å². The molecule has 0 saturated heterocycles. The van der Waals surface area contributed by atoms with E-state index in [-0.39, 0.29) is 6.61 Å². The zero-order valence-electron chi connectivity index (χ0n) is 8.21. The van der Waals surface area contributed by atoms with Crippen molar-refractivity contribution in [3.05, 3.63) is 42.9 Å². The molecular formula is C11H7N2O3. The van der Waals surface area contributed by atoms with Crippen LogP contribution < -0.4 is 4.74 Å². The minimum Gasteiger partial charge on any atom is -0.481 e. The molecule has 1 radical (unpaired) electrons. The van der Waals surface area contributed by atoms with E-state index in [1.54, 1.807) is 12.3 Å². The van der Waals surface area contributed by atoms with Crippen LogP contribution in [-0.2, 0) is 6.61 Å². The summed E-state index contributed by atoms with van der Waals surface area (Å²) >= 11 is 0. The van der Waals surface area contributed by atoms with Crippen molar-refractivity contribution >= 4 is 11.1 Å². The van der Waals surface area contributed by atoms with Gasteiger partial charge in [-0.2, -0.15) is 0 Å². The number of nitrogens with zero attached hydrogens (tertiary/aromatic N) is 2. The van der Waals surface area contributed by atoms with Crippen LogP contribution in [0, 0.1) is 6.39 Å². The number of fused-ring (bicyclic) bond motifs is 1. The van der Waals surface area contributed by atoms with Crippen LogP contribution in [0.2, 0.25) is 0 Å². The highest BCUT2D eigenvalue weighted by atomic mass is 16.5. The summed E-state index contributed by atoms with van der Waals surface area (Å²) in [5.74, 6) is 1.14. The molecule has 5 nitrogen and oxygen atoms in total. The molecule has 0 unspecified atom stereocenters. The molecule has 0 spiro atoms. The molecule has 0 aliphatic carbocycles. The molecule has 2 aromatic heterocycles. The summed E-state index contributed by atoms with van der Waals surface area (Å²) in [6.45, 7) is 0.263. The van der Waals surface area contributed by atoms with Gasteiger partial charge in [0.05, 0.1) is 6.20 Å². The van der Waals surface area contributed by atoms with Crippen molar-refractivity contribution in [2.45, 2.75) is 6.61 Å². The Morgan fingerprint density at radius 3 is 3.25 bits per heavy atom. The van der Waals surface area contributed by atoms with Gasteiger partial charge in [-0.1, -0.05) is 6.07 Å². The maximum Gasteiger partial charge on any atom is 0.284 e. The maximum absolute atomic E-state index is 5.52. The van der Waals surface area contributed by atoms with Gasteiger partial charge in [0.15, 0.2) is 17.7 Å². The lowest BCUT2D eigenvalue weighted by Crippen LogP contribution is -1.95. The summed E-state index contributed by atoms with van der Waals surface area (Å²) in [4.78, 5) is 7.91. The third-order valence-corrected chi connectivity index (χ3v) is 2.11. The second-order valence-electron chi connectivity index (χ2n) is 3.12. The highest BCUT2D eigenvalue weighted by Crippen LogP contribution is 2.24. The fraction of sp³-hybridized carbons (Fsp3) is 0.0909. The fourth-order valence-corrected chi connectivity index (χ4v) is 1.39. The van der Waals surface area contributed by atoms with E-state index in [9.17, 15) is 0 Å². The van der Waals surface area contributed by atoms with Gasteiger partial charge in [-0.3, -0.25) is 0 Å². The normalized spacial score (nSPS) is 10.8. The lowest BCUT2D eigenvalue weighted by molar-refractivity contribution is 0.265. The number of hydrogen-bond donors (Lipinski definition) is 0. The van der Waals surface area contributed by atoms with Crippen LogP contribution in [0.3, 0.4) is 0 Å². The van der Waals surface area contributed by atoms with E-state index < -0.39 is 0 Å². The highest BCUT2D eigenvalue weighted by Gasteiger charge is 2.07. The van der Waals surface area contributed by atoms with Crippen LogP contribution in [0.1, 0.15) is 5.89 Å². The smallest absolute Gasteiger partial charge is 0.284 e. The van der Waals surface area contributed by atoms with Gasteiger partial charge in [-0.15, -0.1) is 0 Å². The summed E-state index contributed by atoms with van der Waals surface area (Å²) in [7, 11) is 0. The first-order valence-electron chi connectivity index (χ1n) is 4.70. The van der Waals surface area contributed by atoms with Crippen molar-refractivity contribution in [2.24, 2.45) is 0 Å². The first-order valence-corrected chi connectivity index (χ1v) is 4.70. The molecule has 5 heteroatoms. The Morgan fingerprint density at radius 1 is 1.38 bits per heavy atom. The predicted molar refractivity (Wildman–Crippen MR) is 53.7 cm³/mol. The number of ether oxygens (including phenoxy) is 1. The van der Waals surface area contributed by atoms with Crippen molar-refractivity contribution in [1.82, 2.24) is 9.97 Å². The number of benzene rings is 1. The average Bonchev–Trinajstić information content (AvgIpc) is 2.97. The lowest BCUT2D eigenvalue weighted by Gasteiger charge is -2.02. The summed E-state index contributed by atoms with van der Waals surface area (Å²) < 4.78 is 15.6. The SMILES string of the molecule is [c]1nc2c(OCc3ncco3)cccc2o1. The molecule has 0 aliphatic heterocycles. The van der Waals surface area contributed by atoms with Crippen molar-refractivity contribution in [1.29, 1.82) is 0 Å². The van der Waals surface area contributed by atoms with E-state index in [4.69, 9.17) is 13.6 Å². The Kier molecular flexibility index (Phi) is 2.07. The van der Waals surface area contributed by atoms with Crippen molar-refractivity contribution in [2.75, 3.05) is 0 Å². The molecule has 0 aliphatic rings. The summed E-state index contributed by atoms with van der Waals surface area (Å²) in [5.41, 5.74) is 1.29. The Balaban J connectivity index is 1.86. The Morgan fingerprint density at radius 2 is 2.38 bits per heavy atom. The van der Waals surface area contributed by atoms with E-state index in [0.29, 0.717) is 22.7 Å². The molecule has 0 amide bonds. The highest BCUT2D eigenvalue weighted by molar-refractivity contribution is 5.78. The predicted octanol–water partition coefficient (Wildman–Crippen LogP) is 2.19. The van der Waals surface area contributed by atoms with Crippen LogP contribution in [0.25, 0.3) is 11.1 Å². The Labute approximate surface area is 90.7 Å². The molecule has 0 bridgehead atoms. The summed E-state index contributed by atoms with van der Waals surface area (Å²) in [6, 6.07) is 5.44. The molecule has 0 atom stereocenters. The zero-order chi connectivity index (χ0) is 10.8. The van der Waals surface area contributed by atoms with Crippen LogP contribution in [-0.4, -0.2) is 9.97 Å². The third-order valence-electron chi connectivity index (χ3n) is 2.11. The molecule has 2 heterocycles. The minimum atomic E-state index is 0.263. The number of hydrogen-bond acceptors (Lipinski definition) is 5. The van der Waals surface area contributed by atoms with Gasteiger partial charge in [0, 0.05) is 0 Å². The van der Waals surface area contributed by atoms with Gasteiger partial charge in [-0.25, -0.2) is 9.97 Å². The molecule has 1 aromatic carbocycles. The molecule has 3 rings (SSSR count). The van der Waals surface area contributed by atoms with E-state index >= 15 is 0 Å². The van der Waals surface area contributed by atoms with Crippen molar-refractivity contribution in [3.8, 4) is 5.75 Å². The monoisotopic (exact) mass is 215 g/mol. The lowest BCUT2D eigenvalue weighted by atomic mass is 10.3. The van der Waals surface area contributed by atoms with Crippen LogP contribution >= 0.6 is 0 Å². The average molecular weight is 215 g/mol. The third kappa shape index (κ3) is 1.52. The second kappa shape index (κ2) is 3.69. The van der Waals surface area contributed by atoms with E-state index in [0.717, 1.165) is 0 Å². The van der Waals surface area contributed by atoms with Gasteiger partial charge in [0.25, 0.3) is 6.39 Å². The molecular weight excluding hydrogens is 208 g/mol.